The Morgan fingerprint density at radius 3 is 2.94 bits per heavy atom. The Morgan fingerprint density at radius 2 is 2.19 bits per heavy atom. The van der Waals surface area contributed by atoms with Crippen molar-refractivity contribution in [2.24, 2.45) is 5.92 Å². The Balaban J connectivity index is 2.18. The number of fused-ring (bicyclic) bond motifs is 1. The van der Waals surface area contributed by atoms with E-state index in [0.29, 0.717) is 12.3 Å². The molecule has 0 bridgehead atoms. The molecule has 2 atom stereocenters. The topological polar surface area (TPSA) is 26.3 Å². The van der Waals surface area contributed by atoms with Gasteiger partial charge in [-0.15, -0.1) is 0 Å². The second kappa shape index (κ2) is 4.69. The highest BCUT2D eigenvalue weighted by atomic mass is 16.5. The molecule has 0 N–H and O–H groups in total. The van der Waals surface area contributed by atoms with Gasteiger partial charge in [0.25, 0.3) is 0 Å². The zero-order valence-corrected chi connectivity index (χ0v) is 9.90. The quantitative estimate of drug-likeness (QED) is 0.776. The molecule has 0 aliphatic carbocycles. The van der Waals surface area contributed by atoms with Crippen LogP contribution in [-0.2, 0) is 0 Å². The van der Waals surface area contributed by atoms with Gasteiger partial charge in [0, 0.05) is 6.42 Å². The molecule has 0 fully saturated rings. The summed E-state index contributed by atoms with van der Waals surface area (Å²) in [4.78, 5) is 11.9. The molecule has 2 rings (SSSR count). The van der Waals surface area contributed by atoms with Gasteiger partial charge in [-0.2, -0.15) is 0 Å². The third-order valence-electron chi connectivity index (χ3n) is 3.23. The summed E-state index contributed by atoms with van der Waals surface area (Å²) >= 11 is 0. The van der Waals surface area contributed by atoms with Crippen LogP contribution in [0.25, 0.3) is 0 Å². The van der Waals surface area contributed by atoms with Crippen LogP contribution in [0.1, 0.15) is 43.5 Å². The highest BCUT2D eigenvalue weighted by Gasteiger charge is 2.29. The summed E-state index contributed by atoms with van der Waals surface area (Å²) in [6, 6.07) is 7.53. The van der Waals surface area contributed by atoms with E-state index in [1.54, 1.807) is 0 Å². The van der Waals surface area contributed by atoms with Crippen molar-refractivity contribution < 1.29 is 9.53 Å². The lowest BCUT2D eigenvalue weighted by molar-refractivity contribution is 0.0740. The first-order chi connectivity index (χ1) is 7.72. The van der Waals surface area contributed by atoms with Gasteiger partial charge in [-0.25, -0.2) is 0 Å². The van der Waals surface area contributed by atoms with Gasteiger partial charge < -0.3 is 4.74 Å². The van der Waals surface area contributed by atoms with Crippen molar-refractivity contribution in [3.8, 4) is 5.75 Å². The van der Waals surface area contributed by atoms with Crippen LogP contribution < -0.4 is 4.74 Å². The number of ether oxygens (including phenoxy) is 1. The van der Waals surface area contributed by atoms with Gasteiger partial charge in [-0.05, 0) is 24.5 Å². The summed E-state index contributed by atoms with van der Waals surface area (Å²) < 4.78 is 5.90. The highest BCUT2D eigenvalue weighted by Crippen LogP contribution is 2.31. The van der Waals surface area contributed by atoms with Gasteiger partial charge in [0.15, 0.2) is 5.78 Å². The van der Waals surface area contributed by atoms with E-state index in [0.717, 1.165) is 24.2 Å². The maximum Gasteiger partial charge on any atom is 0.170 e. The predicted molar refractivity (Wildman–Crippen MR) is 63.9 cm³/mol. The molecular weight excluding hydrogens is 200 g/mol. The molecule has 1 aliphatic rings. The van der Waals surface area contributed by atoms with Gasteiger partial charge in [-0.1, -0.05) is 32.4 Å². The molecule has 1 aromatic rings. The SMILES string of the molecule is CCCC(C)C1CC(=O)c2ccccc2O1. The predicted octanol–water partition coefficient (Wildman–Crippen LogP) is 3.46. The molecule has 0 spiro atoms. The number of Topliss-reactive ketones (excluding diaryl/α,β-unsaturated/α-hetero) is 1. The number of rotatable bonds is 3. The summed E-state index contributed by atoms with van der Waals surface area (Å²) in [5.41, 5.74) is 0.738. The monoisotopic (exact) mass is 218 g/mol. The van der Waals surface area contributed by atoms with Crippen LogP contribution >= 0.6 is 0 Å². The van der Waals surface area contributed by atoms with E-state index in [-0.39, 0.29) is 11.9 Å². The van der Waals surface area contributed by atoms with Crippen LogP contribution in [0.5, 0.6) is 5.75 Å². The molecule has 1 aromatic carbocycles. The minimum atomic E-state index is 0.0577. The third-order valence-corrected chi connectivity index (χ3v) is 3.23. The molecule has 0 saturated heterocycles. The molecule has 86 valence electrons. The van der Waals surface area contributed by atoms with Crippen LogP contribution in [0, 0.1) is 5.92 Å². The summed E-state index contributed by atoms with van der Waals surface area (Å²) in [6.45, 7) is 4.32. The van der Waals surface area contributed by atoms with E-state index in [1.165, 1.54) is 0 Å². The lowest BCUT2D eigenvalue weighted by Crippen LogP contribution is -2.32. The maximum atomic E-state index is 11.9. The molecule has 16 heavy (non-hydrogen) atoms. The lowest BCUT2D eigenvalue weighted by atomic mass is 9.91. The van der Waals surface area contributed by atoms with E-state index in [2.05, 4.69) is 13.8 Å². The number of ketones is 1. The zero-order chi connectivity index (χ0) is 11.5. The molecule has 0 amide bonds. The fraction of sp³-hybridized carbons (Fsp3) is 0.500. The first-order valence-electron chi connectivity index (χ1n) is 6.01. The molecular formula is C14H18O2. The smallest absolute Gasteiger partial charge is 0.170 e. The van der Waals surface area contributed by atoms with Crippen molar-refractivity contribution in [2.45, 2.75) is 39.2 Å². The largest absolute Gasteiger partial charge is 0.489 e. The van der Waals surface area contributed by atoms with Crippen LogP contribution in [0.2, 0.25) is 0 Å². The van der Waals surface area contributed by atoms with Crippen LogP contribution in [0.4, 0.5) is 0 Å². The minimum absolute atomic E-state index is 0.0577. The Hall–Kier alpha value is -1.31. The number of para-hydroxylation sites is 1. The van der Waals surface area contributed by atoms with Gasteiger partial charge >= 0.3 is 0 Å². The number of carbonyl (C=O) groups excluding carboxylic acids is 1. The van der Waals surface area contributed by atoms with Crippen molar-refractivity contribution in [3.05, 3.63) is 29.8 Å². The van der Waals surface area contributed by atoms with Crippen molar-refractivity contribution in [2.75, 3.05) is 0 Å². The Kier molecular flexibility index (Phi) is 3.28. The molecule has 1 aliphatic heterocycles. The minimum Gasteiger partial charge on any atom is -0.489 e. The van der Waals surface area contributed by atoms with Crippen molar-refractivity contribution in [1.29, 1.82) is 0 Å². The van der Waals surface area contributed by atoms with Crippen molar-refractivity contribution >= 4 is 5.78 Å². The number of benzene rings is 1. The molecule has 2 nitrogen and oxygen atoms in total. The maximum absolute atomic E-state index is 11.9. The van der Waals surface area contributed by atoms with Gasteiger partial charge in [0.05, 0.1) is 5.56 Å². The number of carbonyl (C=O) groups is 1. The Bertz CT molecular complexity index is 384. The van der Waals surface area contributed by atoms with Gasteiger partial charge in [0.2, 0.25) is 0 Å². The molecule has 0 radical (unpaired) electrons. The Morgan fingerprint density at radius 1 is 1.44 bits per heavy atom. The van der Waals surface area contributed by atoms with Crippen molar-refractivity contribution in [1.82, 2.24) is 0 Å². The van der Waals surface area contributed by atoms with Crippen LogP contribution in [-0.4, -0.2) is 11.9 Å². The molecule has 0 aromatic heterocycles. The fourth-order valence-corrected chi connectivity index (χ4v) is 2.26. The fourth-order valence-electron chi connectivity index (χ4n) is 2.26. The second-order valence-corrected chi connectivity index (χ2v) is 4.55. The van der Waals surface area contributed by atoms with E-state index < -0.39 is 0 Å². The highest BCUT2D eigenvalue weighted by molar-refractivity contribution is 5.99. The third kappa shape index (κ3) is 2.11. The zero-order valence-electron chi connectivity index (χ0n) is 9.90. The van der Waals surface area contributed by atoms with E-state index in [4.69, 9.17) is 4.74 Å². The Labute approximate surface area is 96.6 Å². The number of hydrogen-bond donors (Lipinski definition) is 0. The molecule has 2 unspecified atom stereocenters. The second-order valence-electron chi connectivity index (χ2n) is 4.55. The molecule has 0 saturated carbocycles. The van der Waals surface area contributed by atoms with E-state index in [9.17, 15) is 4.79 Å². The summed E-state index contributed by atoms with van der Waals surface area (Å²) in [7, 11) is 0. The summed E-state index contributed by atoms with van der Waals surface area (Å²) in [5.74, 6) is 1.42. The number of hydrogen-bond acceptors (Lipinski definition) is 2. The first kappa shape index (κ1) is 11.2. The molecule has 2 heteroatoms. The normalized spacial score (nSPS) is 21.1. The van der Waals surface area contributed by atoms with Gasteiger partial charge in [-0.3, -0.25) is 4.79 Å². The first-order valence-corrected chi connectivity index (χ1v) is 6.01. The van der Waals surface area contributed by atoms with Gasteiger partial charge in [0.1, 0.15) is 11.9 Å². The van der Waals surface area contributed by atoms with E-state index in [1.807, 2.05) is 24.3 Å². The lowest BCUT2D eigenvalue weighted by Gasteiger charge is -2.29. The standard InChI is InChI=1S/C14H18O2/c1-3-6-10(2)14-9-12(15)11-7-4-5-8-13(11)16-14/h4-5,7-8,10,14H,3,6,9H2,1-2H3. The van der Waals surface area contributed by atoms with E-state index >= 15 is 0 Å². The molecule has 1 heterocycles. The summed E-state index contributed by atoms with van der Waals surface area (Å²) in [6.07, 6.45) is 2.83. The average Bonchev–Trinajstić information content (AvgIpc) is 2.29. The van der Waals surface area contributed by atoms with Crippen LogP contribution in [0.15, 0.2) is 24.3 Å². The average molecular weight is 218 g/mol. The van der Waals surface area contributed by atoms with Crippen molar-refractivity contribution in [3.63, 3.8) is 0 Å². The van der Waals surface area contributed by atoms with Crippen LogP contribution in [0.3, 0.4) is 0 Å². The summed E-state index contributed by atoms with van der Waals surface area (Å²) in [5, 5.41) is 0.